The topological polar surface area (TPSA) is 100 Å². The molecule has 1 aliphatic heterocycles. The monoisotopic (exact) mass is 553 g/mol. The normalized spacial score (nSPS) is 22.3. The number of carbonyl (C=O) groups excluding carboxylic acids is 1. The van der Waals surface area contributed by atoms with Gasteiger partial charge in [0.15, 0.2) is 0 Å². The molecule has 3 atom stereocenters. The number of fused-ring (bicyclic) bond motifs is 1. The summed E-state index contributed by atoms with van der Waals surface area (Å²) in [7, 11) is -2.20. The van der Waals surface area contributed by atoms with Crippen LogP contribution in [0.1, 0.15) is 57.1 Å². The van der Waals surface area contributed by atoms with Gasteiger partial charge in [0.2, 0.25) is 15.9 Å². The lowest BCUT2D eigenvalue weighted by Crippen LogP contribution is -2.50. The number of carbonyl (C=O) groups is 1. The smallest absolute Gasteiger partial charge is 0.247 e. The first kappa shape index (κ1) is 29.1. The van der Waals surface area contributed by atoms with Crippen LogP contribution in [-0.4, -0.2) is 72.5 Å². The fourth-order valence-electron chi connectivity index (χ4n) is 5.14. The quantitative estimate of drug-likeness (QED) is 0.550. The zero-order valence-corrected chi connectivity index (χ0v) is 23.9. The summed E-state index contributed by atoms with van der Waals surface area (Å²) in [6.45, 7) is 3.74. The lowest BCUT2D eigenvalue weighted by atomic mass is 9.90. The number of nitrogens with zero attached hydrogens (tertiary/aromatic N) is 3. The second kappa shape index (κ2) is 12.9. The fourth-order valence-corrected chi connectivity index (χ4v) is 6.96. The Morgan fingerprint density at radius 1 is 1.21 bits per heavy atom. The number of rotatable bonds is 6. The largest absolute Gasteiger partial charge is 0.487 e. The maximum atomic E-state index is 13.7. The van der Waals surface area contributed by atoms with Crippen LogP contribution in [0.2, 0.25) is 0 Å². The van der Waals surface area contributed by atoms with Crippen molar-refractivity contribution in [1.82, 2.24) is 14.2 Å². The van der Waals surface area contributed by atoms with Crippen LogP contribution in [0.15, 0.2) is 47.6 Å². The summed E-state index contributed by atoms with van der Waals surface area (Å²) in [6, 6.07) is 7.99. The van der Waals surface area contributed by atoms with Gasteiger partial charge >= 0.3 is 0 Å². The third-order valence-corrected chi connectivity index (χ3v) is 9.70. The van der Waals surface area contributed by atoms with Crippen LogP contribution in [-0.2, 0) is 21.2 Å². The number of benzene rings is 1. The highest BCUT2D eigenvalue weighted by molar-refractivity contribution is 7.89. The summed E-state index contributed by atoms with van der Waals surface area (Å²) in [4.78, 5) is 18.7. The van der Waals surface area contributed by atoms with E-state index >= 15 is 0 Å². The van der Waals surface area contributed by atoms with Crippen molar-refractivity contribution in [3.63, 3.8) is 0 Å². The number of pyridine rings is 1. The first-order valence-corrected chi connectivity index (χ1v) is 15.2. The Bertz CT molecular complexity index is 1300. The molecule has 0 spiro atoms. The van der Waals surface area contributed by atoms with E-state index in [1.54, 1.807) is 49.5 Å². The van der Waals surface area contributed by atoms with Crippen molar-refractivity contribution in [3.05, 3.63) is 53.9 Å². The molecular weight excluding hydrogens is 514 g/mol. The van der Waals surface area contributed by atoms with Gasteiger partial charge in [-0.25, -0.2) is 8.42 Å². The third kappa shape index (κ3) is 7.18. The average Bonchev–Trinajstić information content (AvgIpc) is 2.94. The van der Waals surface area contributed by atoms with E-state index in [1.165, 1.54) is 23.6 Å². The molecule has 2 aliphatic rings. The first-order chi connectivity index (χ1) is 18.7. The summed E-state index contributed by atoms with van der Waals surface area (Å²) in [6.07, 6.45) is 8.90. The van der Waals surface area contributed by atoms with E-state index in [-0.39, 0.29) is 48.6 Å². The minimum absolute atomic E-state index is 0.0497. The van der Waals surface area contributed by atoms with Gasteiger partial charge in [-0.15, -0.1) is 0 Å². The molecular formula is C30H39N3O5S. The Morgan fingerprint density at radius 2 is 1.92 bits per heavy atom. The molecule has 1 amide bonds. The van der Waals surface area contributed by atoms with Gasteiger partial charge in [0, 0.05) is 49.4 Å². The molecule has 8 nitrogen and oxygen atoms in total. The van der Waals surface area contributed by atoms with Crippen molar-refractivity contribution >= 4 is 15.9 Å². The van der Waals surface area contributed by atoms with Gasteiger partial charge < -0.3 is 14.7 Å². The van der Waals surface area contributed by atoms with Gasteiger partial charge in [-0.3, -0.25) is 9.78 Å². The van der Waals surface area contributed by atoms with E-state index in [0.29, 0.717) is 11.5 Å². The zero-order chi connectivity index (χ0) is 28.0. The Morgan fingerprint density at radius 3 is 2.62 bits per heavy atom. The molecule has 1 saturated carbocycles. The lowest BCUT2D eigenvalue weighted by molar-refractivity contribution is -0.130. The summed E-state index contributed by atoms with van der Waals surface area (Å²) in [5.74, 6) is 6.87. The third-order valence-electron chi connectivity index (χ3n) is 7.68. The van der Waals surface area contributed by atoms with Gasteiger partial charge in [0.1, 0.15) is 16.7 Å². The molecule has 1 aliphatic carbocycles. The molecule has 0 radical (unpaired) electrons. The van der Waals surface area contributed by atoms with Crippen molar-refractivity contribution in [1.29, 1.82) is 0 Å². The molecule has 210 valence electrons. The van der Waals surface area contributed by atoms with Crippen molar-refractivity contribution < 1.29 is 23.1 Å². The molecule has 1 aromatic carbocycles. The predicted molar refractivity (Wildman–Crippen MR) is 149 cm³/mol. The van der Waals surface area contributed by atoms with Crippen molar-refractivity contribution in [2.45, 2.75) is 69.4 Å². The maximum Gasteiger partial charge on any atom is 0.247 e. The highest BCUT2D eigenvalue weighted by Crippen LogP contribution is 2.34. The van der Waals surface area contributed by atoms with E-state index in [2.05, 4.69) is 16.8 Å². The SMILES string of the molecule is C[C@@H]1CN([C@@H](C)CO)S(=O)(=O)c2ccc(C#CC3CCCCC3)cc2O[C@@H]1CN(C)C(=O)Cc1ccncc1. The molecule has 2 aromatic rings. The number of amides is 1. The van der Waals surface area contributed by atoms with Crippen molar-refractivity contribution in [2.75, 3.05) is 26.7 Å². The number of sulfonamides is 1. The number of aliphatic hydroxyl groups is 1. The lowest BCUT2D eigenvalue weighted by Gasteiger charge is -2.37. The van der Waals surface area contributed by atoms with Crippen LogP contribution in [0.4, 0.5) is 0 Å². The summed E-state index contributed by atoms with van der Waals surface area (Å²) < 4.78 is 35.2. The minimum atomic E-state index is -3.93. The zero-order valence-electron chi connectivity index (χ0n) is 23.0. The molecule has 0 bridgehead atoms. The molecule has 2 heterocycles. The predicted octanol–water partition coefficient (Wildman–Crippen LogP) is 3.48. The van der Waals surface area contributed by atoms with Gasteiger partial charge in [-0.2, -0.15) is 4.31 Å². The molecule has 9 heteroatoms. The Kier molecular flexibility index (Phi) is 9.65. The minimum Gasteiger partial charge on any atom is -0.487 e. The van der Waals surface area contributed by atoms with Gasteiger partial charge in [-0.1, -0.05) is 38.0 Å². The molecule has 1 N–H and O–H groups in total. The highest BCUT2D eigenvalue weighted by atomic mass is 32.2. The number of ether oxygens (including phenoxy) is 1. The number of hydrogen-bond donors (Lipinski definition) is 1. The van der Waals surface area contributed by atoms with Crippen molar-refractivity contribution in [3.8, 4) is 17.6 Å². The second-order valence-corrected chi connectivity index (χ2v) is 12.7. The van der Waals surface area contributed by atoms with Crippen LogP contribution < -0.4 is 4.74 Å². The van der Waals surface area contributed by atoms with Crippen LogP contribution >= 0.6 is 0 Å². The summed E-state index contributed by atoms with van der Waals surface area (Å²) >= 11 is 0. The number of aromatic nitrogens is 1. The molecule has 4 rings (SSSR count). The van der Waals surface area contributed by atoms with Gasteiger partial charge in [0.25, 0.3) is 0 Å². The van der Waals surface area contributed by atoms with Gasteiger partial charge in [-0.05, 0) is 55.7 Å². The van der Waals surface area contributed by atoms with Crippen LogP contribution in [0, 0.1) is 23.7 Å². The standard InChI is InChI=1S/C30H39N3O5S/c1-22-19-33(23(2)21-34)39(36,37)29-12-11-25(10-9-24-7-5-4-6-8-24)17-27(29)38-28(22)20-32(3)30(35)18-26-13-15-31-16-14-26/h11-17,22-24,28,34H,4-8,18-21H2,1-3H3/t22-,23+,28-/m1/s1. The molecule has 1 aromatic heterocycles. The Hall–Kier alpha value is -2.93. The number of likely N-dealkylation sites (N-methyl/N-ethyl adjacent to an activating group) is 1. The van der Waals surface area contributed by atoms with E-state index in [1.807, 2.05) is 19.1 Å². The fraction of sp³-hybridized carbons (Fsp3) is 0.533. The van der Waals surface area contributed by atoms with Crippen LogP contribution in [0.3, 0.4) is 0 Å². The molecule has 0 unspecified atom stereocenters. The molecule has 0 saturated heterocycles. The summed E-state index contributed by atoms with van der Waals surface area (Å²) in [5.41, 5.74) is 1.57. The molecule has 39 heavy (non-hydrogen) atoms. The number of hydrogen-bond acceptors (Lipinski definition) is 6. The summed E-state index contributed by atoms with van der Waals surface area (Å²) in [5, 5.41) is 9.86. The average molecular weight is 554 g/mol. The van der Waals surface area contributed by atoms with Crippen LogP contribution in [0.25, 0.3) is 0 Å². The highest BCUT2D eigenvalue weighted by Gasteiger charge is 2.38. The molecule has 1 fully saturated rings. The van der Waals surface area contributed by atoms with Gasteiger partial charge in [0.05, 0.1) is 19.6 Å². The van der Waals surface area contributed by atoms with Crippen LogP contribution in [0.5, 0.6) is 5.75 Å². The second-order valence-electron chi connectivity index (χ2n) is 10.8. The van der Waals surface area contributed by atoms with E-state index in [4.69, 9.17) is 4.74 Å². The van der Waals surface area contributed by atoms with E-state index in [9.17, 15) is 18.3 Å². The first-order valence-electron chi connectivity index (χ1n) is 13.8. The van der Waals surface area contributed by atoms with E-state index < -0.39 is 22.2 Å². The Balaban J connectivity index is 1.64. The van der Waals surface area contributed by atoms with E-state index in [0.717, 1.165) is 18.4 Å². The maximum absolute atomic E-state index is 13.7. The van der Waals surface area contributed by atoms with Crippen molar-refractivity contribution in [2.24, 2.45) is 11.8 Å². The Labute approximate surface area is 232 Å². The number of aliphatic hydroxyl groups excluding tert-OH is 1.